The molecular formula is C9H11ClFNOS. The Labute approximate surface area is 91.3 Å². The van der Waals surface area contributed by atoms with Gasteiger partial charge >= 0.3 is 0 Å². The Bertz CT molecular complexity index is 335. The van der Waals surface area contributed by atoms with Crippen LogP contribution in [-0.4, -0.2) is 17.0 Å². The topological polar surface area (TPSA) is 46.2 Å². The standard InChI is InChI=1S/C9H11ClFNOS/c1-5(4-13)14-9-3-7(11)6(10)2-8(9)12/h2-3,5,13H,4,12H2,1H3. The first-order valence-electron chi connectivity index (χ1n) is 4.06. The average molecular weight is 236 g/mol. The van der Waals surface area contributed by atoms with Crippen LogP contribution in [0.5, 0.6) is 0 Å². The molecule has 0 heterocycles. The summed E-state index contributed by atoms with van der Waals surface area (Å²) >= 11 is 6.86. The van der Waals surface area contributed by atoms with Crippen molar-refractivity contribution in [2.75, 3.05) is 12.3 Å². The van der Waals surface area contributed by atoms with E-state index >= 15 is 0 Å². The number of nitrogen functional groups attached to an aromatic ring is 1. The number of halogens is 2. The summed E-state index contributed by atoms with van der Waals surface area (Å²) in [6.45, 7) is 1.85. The van der Waals surface area contributed by atoms with Crippen molar-refractivity contribution >= 4 is 29.1 Å². The van der Waals surface area contributed by atoms with E-state index in [1.54, 1.807) is 0 Å². The molecule has 1 atom stereocenters. The molecule has 0 aliphatic carbocycles. The van der Waals surface area contributed by atoms with E-state index in [9.17, 15) is 4.39 Å². The maximum atomic E-state index is 13.1. The Balaban J connectivity index is 2.92. The maximum Gasteiger partial charge on any atom is 0.143 e. The van der Waals surface area contributed by atoms with Crippen LogP contribution in [0.2, 0.25) is 5.02 Å². The molecule has 0 amide bonds. The number of hydrogen-bond acceptors (Lipinski definition) is 3. The highest BCUT2D eigenvalue weighted by Crippen LogP contribution is 2.32. The number of thioether (sulfide) groups is 1. The summed E-state index contributed by atoms with van der Waals surface area (Å²) in [7, 11) is 0. The van der Waals surface area contributed by atoms with Crippen LogP contribution in [-0.2, 0) is 0 Å². The van der Waals surface area contributed by atoms with E-state index < -0.39 is 5.82 Å². The molecule has 0 bridgehead atoms. The summed E-state index contributed by atoms with van der Waals surface area (Å²) in [5.41, 5.74) is 6.07. The molecular weight excluding hydrogens is 225 g/mol. The van der Waals surface area contributed by atoms with Crippen molar-refractivity contribution in [2.24, 2.45) is 0 Å². The zero-order chi connectivity index (χ0) is 10.7. The molecule has 0 spiro atoms. The molecule has 78 valence electrons. The summed E-state index contributed by atoms with van der Waals surface area (Å²) in [4.78, 5) is 0.605. The van der Waals surface area contributed by atoms with Crippen LogP contribution < -0.4 is 5.73 Å². The second-order valence-corrected chi connectivity index (χ2v) is 4.80. The lowest BCUT2D eigenvalue weighted by Gasteiger charge is -2.10. The molecule has 1 unspecified atom stereocenters. The van der Waals surface area contributed by atoms with Gasteiger partial charge in [-0.25, -0.2) is 4.39 Å². The molecule has 5 heteroatoms. The van der Waals surface area contributed by atoms with Crippen molar-refractivity contribution < 1.29 is 9.50 Å². The summed E-state index contributed by atoms with van der Waals surface area (Å²) in [6.07, 6.45) is 0. The first kappa shape index (κ1) is 11.6. The second kappa shape index (κ2) is 4.87. The molecule has 0 saturated heterocycles. The Morgan fingerprint density at radius 1 is 1.64 bits per heavy atom. The Kier molecular flexibility index (Phi) is 4.04. The van der Waals surface area contributed by atoms with Gasteiger partial charge in [0.25, 0.3) is 0 Å². The van der Waals surface area contributed by atoms with Crippen molar-refractivity contribution in [3.63, 3.8) is 0 Å². The van der Waals surface area contributed by atoms with Gasteiger partial charge in [-0.2, -0.15) is 0 Å². The number of aliphatic hydroxyl groups is 1. The highest BCUT2D eigenvalue weighted by atomic mass is 35.5. The van der Waals surface area contributed by atoms with Gasteiger partial charge in [-0.15, -0.1) is 11.8 Å². The van der Waals surface area contributed by atoms with Crippen LogP contribution in [0.25, 0.3) is 0 Å². The second-order valence-electron chi connectivity index (χ2n) is 2.92. The predicted molar refractivity (Wildman–Crippen MR) is 58.2 cm³/mol. The van der Waals surface area contributed by atoms with Crippen LogP contribution in [0.3, 0.4) is 0 Å². The largest absolute Gasteiger partial charge is 0.398 e. The minimum absolute atomic E-state index is 0.0159. The smallest absolute Gasteiger partial charge is 0.143 e. The maximum absolute atomic E-state index is 13.1. The van der Waals surface area contributed by atoms with Gasteiger partial charge in [0.2, 0.25) is 0 Å². The minimum atomic E-state index is -0.492. The molecule has 1 rings (SSSR count). The van der Waals surface area contributed by atoms with E-state index in [-0.39, 0.29) is 16.9 Å². The fraction of sp³-hybridized carbons (Fsp3) is 0.333. The van der Waals surface area contributed by atoms with Crippen molar-refractivity contribution in [1.29, 1.82) is 0 Å². The van der Waals surface area contributed by atoms with E-state index in [4.69, 9.17) is 22.4 Å². The fourth-order valence-electron chi connectivity index (χ4n) is 0.900. The highest BCUT2D eigenvalue weighted by molar-refractivity contribution is 8.00. The van der Waals surface area contributed by atoms with Crippen molar-refractivity contribution in [3.8, 4) is 0 Å². The molecule has 0 aliphatic heterocycles. The summed E-state index contributed by atoms with van der Waals surface area (Å²) in [6, 6.07) is 2.66. The van der Waals surface area contributed by atoms with Crippen LogP contribution in [0.15, 0.2) is 17.0 Å². The Morgan fingerprint density at radius 2 is 2.29 bits per heavy atom. The van der Waals surface area contributed by atoms with E-state index in [2.05, 4.69) is 0 Å². The number of hydrogen-bond donors (Lipinski definition) is 2. The molecule has 0 saturated carbocycles. The van der Waals surface area contributed by atoms with Crippen LogP contribution in [0.1, 0.15) is 6.92 Å². The molecule has 0 fully saturated rings. The van der Waals surface area contributed by atoms with Gasteiger partial charge in [0.1, 0.15) is 5.82 Å². The quantitative estimate of drug-likeness (QED) is 0.625. The zero-order valence-electron chi connectivity index (χ0n) is 7.63. The Hall–Kier alpha value is -0.450. The van der Waals surface area contributed by atoms with Crippen LogP contribution >= 0.6 is 23.4 Å². The van der Waals surface area contributed by atoms with Crippen LogP contribution in [0, 0.1) is 5.82 Å². The molecule has 1 aromatic rings. The van der Waals surface area contributed by atoms with Crippen LogP contribution in [0.4, 0.5) is 10.1 Å². The van der Waals surface area contributed by atoms with Crippen molar-refractivity contribution in [1.82, 2.24) is 0 Å². The molecule has 0 aliphatic rings. The highest BCUT2D eigenvalue weighted by Gasteiger charge is 2.09. The number of aliphatic hydroxyl groups excluding tert-OH is 1. The number of nitrogens with two attached hydrogens (primary N) is 1. The monoisotopic (exact) mass is 235 g/mol. The molecule has 0 radical (unpaired) electrons. The number of benzene rings is 1. The lowest BCUT2D eigenvalue weighted by Crippen LogP contribution is -2.03. The van der Waals surface area contributed by atoms with Crippen molar-refractivity contribution in [2.45, 2.75) is 17.1 Å². The van der Waals surface area contributed by atoms with E-state index in [0.29, 0.717) is 10.6 Å². The first-order valence-corrected chi connectivity index (χ1v) is 5.32. The zero-order valence-corrected chi connectivity index (χ0v) is 9.20. The third-order valence-corrected chi connectivity index (χ3v) is 3.09. The van der Waals surface area contributed by atoms with Gasteiger partial charge in [-0.1, -0.05) is 18.5 Å². The number of rotatable bonds is 3. The molecule has 1 aromatic carbocycles. The number of anilines is 1. The van der Waals surface area contributed by atoms with E-state index in [1.807, 2.05) is 6.92 Å². The van der Waals surface area contributed by atoms with Gasteiger partial charge in [-0.3, -0.25) is 0 Å². The third-order valence-electron chi connectivity index (χ3n) is 1.64. The van der Waals surface area contributed by atoms with Crippen molar-refractivity contribution in [3.05, 3.63) is 23.0 Å². The first-order chi connectivity index (χ1) is 6.54. The predicted octanol–water partition coefficient (Wildman–Crippen LogP) is 2.53. The van der Waals surface area contributed by atoms with Gasteiger partial charge < -0.3 is 10.8 Å². The van der Waals surface area contributed by atoms with Gasteiger partial charge in [0.05, 0.1) is 11.6 Å². The SMILES string of the molecule is CC(CO)Sc1cc(F)c(Cl)cc1N. The average Bonchev–Trinajstić information content (AvgIpc) is 2.14. The summed E-state index contributed by atoms with van der Waals surface area (Å²) < 4.78 is 13.1. The van der Waals surface area contributed by atoms with Gasteiger partial charge in [0.15, 0.2) is 0 Å². The summed E-state index contributed by atoms with van der Waals surface area (Å²) in [5, 5.41) is 8.83. The normalized spacial score (nSPS) is 12.9. The lowest BCUT2D eigenvalue weighted by atomic mass is 10.3. The van der Waals surface area contributed by atoms with Gasteiger partial charge in [-0.05, 0) is 12.1 Å². The Morgan fingerprint density at radius 3 is 2.86 bits per heavy atom. The summed E-state index contributed by atoms with van der Waals surface area (Å²) in [5.74, 6) is -0.492. The molecule has 3 N–H and O–H groups in total. The molecule has 14 heavy (non-hydrogen) atoms. The molecule has 2 nitrogen and oxygen atoms in total. The van der Waals surface area contributed by atoms with E-state index in [0.717, 1.165) is 0 Å². The van der Waals surface area contributed by atoms with Gasteiger partial charge in [0, 0.05) is 15.8 Å². The minimum Gasteiger partial charge on any atom is -0.398 e. The molecule has 0 aromatic heterocycles. The van der Waals surface area contributed by atoms with E-state index in [1.165, 1.54) is 23.9 Å². The fourth-order valence-corrected chi connectivity index (χ4v) is 1.95. The lowest BCUT2D eigenvalue weighted by molar-refractivity contribution is 0.300. The third kappa shape index (κ3) is 2.77.